The second-order valence-electron chi connectivity index (χ2n) is 6.06. The molecule has 0 unspecified atom stereocenters. The Morgan fingerprint density at radius 2 is 1.84 bits per heavy atom. The molecule has 1 aromatic rings. The number of rotatable bonds is 5. The number of benzene rings is 1. The van der Waals surface area contributed by atoms with Crippen molar-refractivity contribution in [3.63, 3.8) is 0 Å². The molecule has 0 aromatic heterocycles. The molecule has 2 amide bonds. The summed E-state index contributed by atoms with van der Waals surface area (Å²) in [7, 11) is -4.13. The molecule has 2 rings (SSSR count). The molecule has 0 spiro atoms. The van der Waals surface area contributed by atoms with E-state index < -0.39 is 32.7 Å². The topological polar surface area (TPSA) is 95.6 Å². The number of carbonyl (C=O) groups excluding carboxylic acids is 2. The molecular formula is C16H22FN3O4S. The van der Waals surface area contributed by atoms with Gasteiger partial charge in [0.1, 0.15) is 10.7 Å². The average molecular weight is 371 g/mol. The van der Waals surface area contributed by atoms with Gasteiger partial charge in [0, 0.05) is 26.1 Å². The Bertz CT molecular complexity index is 746. The average Bonchev–Trinajstić information content (AvgIpc) is 2.55. The lowest BCUT2D eigenvalue weighted by Gasteiger charge is -2.32. The molecule has 1 aliphatic heterocycles. The summed E-state index contributed by atoms with van der Waals surface area (Å²) >= 11 is 0. The van der Waals surface area contributed by atoms with Crippen LogP contribution >= 0.6 is 0 Å². The minimum Gasteiger partial charge on any atom is -0.352 e. The van der Waals surface area contributed by atoms with Crippen LogP contribution in [0.3, 0.4) is 0 Å². The zero-order valence-corrected chi connectivity index (χ0v) is 15.0. The zero-order chi connectivity index (χ0) is 18.6. The Morgan fingerprint density at radius 3 is 2.40 bits per heavy atom. The van der Waals surface area contributed by atoms with Crippen molar-refractivity contribution in [1.82, 2.24) is 14.9 Å². The van der Waals surface area contributed by atoms with Crippen LogP contribution in [0.15, 0.2) is 29.2 Å². The minimum absolute atomic E-state index is 0.00390. The fourth-order valence-corrected chi connectivity index (χ4v) is 3.96. The van der Waals surface area contributed by atoms with Crippen LogP contribution in [-0.4, -0.2) is 50.3 Å². The van der Waals surface area contributed by atoms with E-state index in [1.807, 2.05) is 0 Å². The lowest BCUT2D eigenvalue weighted by atomic mass is 10.0. The van der Waals surface area contributed by atoms with Crippen molar-refractivity contribution in [2.45, 2.75) is 43.7 Å². The normalized spacial score (nSPS) is 17.2. The fraction of sp³-hybridized carbons (Fsp3) is 0.500. The number of hydrogen-bond acceptors (Lipinski definition) is 4. The van der Waals surface area contributed by atoms with E-state index in [0.717, 1.165) is 12.1 Å². The summed E-state index contributed by atoms with van der Waals surface area (Å²) in [5.74, 6) is -1.36. The third kappa shape index (κ3) is 4.99. The first-order chi connectivity index (χ1) is 11.7. The third-order valence-corrected chi connectivity index (χ3v) is 5.71. The first-order valence-corrected chi connectivity index (χ1v) is 9.52. The molecule has 0 saturated carbocycles. The van der Waals surface area contributed by atoms with Gasteiger partial charge in [-0.1, -0.05) is 12.1 Å². The third-order valence-electron chi connectivity index (χ3n) is 4.14. The van der Waals surface area contributed by atoms with Gasteiger partial charge < -0.3 is 10.2 Å². The monoisotopic (exact) mass is 371 g/mol. The summed E-state index contributed by atoms with van der Waals surface area (Å²) < 4.78 is 40.3. The fourth-order valence-electron chi connectivity index (χ4n) is 2.68. The highest BCUT2D eigenvalue weighted by atomic mass is 32.2. The summed E-state index contributed by atoms with van der Waals surface area (Å²) in [5.41, 5.74) is 0. The number of likely N-dealkylation sites (tertiary alicyclic amines) is 1. The number of halogens is 1. The zero-order valence-electron chi connectivity index (χ0n) is 14.2. The van der Waals surface area contributed by atoms with E-state index in [2.05, 4.69) is 10.0 Å². The van der Waals surface area contributed by atoms with Gasteiger partial charge in [0.2, 0.25) is 21.8 Å². The molecule has 1 aromatic carbocycles. The van der Waals surface area contributed by atoms with Crippen LogP contribution in [0.2, 0.25) is 0 Å². The van der Waals surface area contributed by atoms with Crippen molar-refractivity contribution in [2.75, 3.05) is 13.1 Å². The molecule has 0 aliphatic carbocycles. The van der Waals surface area contributed by atoms with Gasteiger partial charge in [0.15, 0.2) is 0 Å². The first-order valence-electron chi connectivity index (χ1n) is 8.03. The van der Waals surface area contributed by atoms with Gasteiger partial charge in [-0.05, 0) is 31.9 Å². The molecule has 0 bridgehead atoms. The van der Waals surface area contributed by atoms with Crippen LogP contribution in [0.1, 0.15) is 26.7 Å². The number of sulfonamides is 1. The Hall–Kier alpha value is -2.00. The summed E-state index contributed by atoms with van der Waals surface area (Å²) in [6.45, 7) is 4.00. The highest BCUT2D eigenvalue weighted by Crippen LogP contribution is 2.14. The van der Waals surface area contributed by atoms with E-state index in [-0.39, 0.29) is 11.9 Å². The van der Waals surface area contributed by atoms with Crippen LogP contribution in [0, 0.1) is 5.82 Å². The molecule has 1 heterocycles. The van der Waals surface area contributed by atoms with Crippen LogP contribution in [0.5, 0.6) is 0 Å². The second kappa shape index (κ2) is 7.92. The lowest BCUT2D eigenvalue weighted by Crippen LogP contribution is -2.51. The highest BCUT2D eigenvalue weighted by Gasteiger charge is 2.27. The summed E-state index contributed by atoms with van der Waals surface area (Å²) in [5, 5.41) is 2.77. The number of nitrogens with zero attached hydrogens (tertiary/aromatic N) is 1. The molecule has 1 aliphatic rings. The summed E-state index contributed by atoms with van der Waals surface area (Å²) in [6.07, 6.45) is 1.22. The number of piperidine rings is 1. The van der Waals surface area contributed by atoms with Crippen molar-refractivity contribution in [2.24, 2.45) is 0 Å². The molecule has 1 atom stereocenters. The molecule has 25 heavy (non-hydrogen) atoms. The van der Waals surface area contributed by atoms with Gasteiger partial charge in [0.05, 0.1) is 6.04 Å². The standard InChI is InChI=1S/C16H22FN3O4S/c1-11(19-25(23,24)15-6-4-3-5-14(15)17)16(22)18-13-7-9-20(10-8-13)12(2)21/h3-6,11,13,19H,7-10H2,1-2H3,(H,18,22)/t11-/m1/s1. The molecule has 138 valence electrons. The van der Waals surface area contributed by atoms with Crippen LogP contribution < -0.4 is 10.0 Å². The van der Waals surface area contributed by atoms with E-state index in [9.17, 15) is 22.4 Å². The number of hydrogen-bond donors (Lipinski definition) is 2. The molecule has 2 N–H and O–H groups in total. The van der Waals surface area contributed by atoms with Gasteiger partial charge in [0.25, 0.3) is 0 Å². The summed E-state index contributed by atoms with van der Waals surface area (Å²) in [4.78, 5) is 24.7. The maximum Gasteiger partial charge on any atom is 0.244 e. The van der Waals surface area contributed by atoms with E-state index >= 15 is 0 Å². The van der Waals surface area contributed by atoms with Crippen molar-refractivity contribution in [1.29, 1.82) is 0 Å². The lowest BCUT2D eigenvalue weighted by molar-refractivity contribution is -0.130. The predicted molar refractivity (Wildman–Crippen MR) is 89.6 cm³/mol. The van der Waals surface area contributed by atoms with Gasteiger partial charge in [-0.2, -0.15) is 4.72 Å². The largest absolute Gasteiger partial charge is 0.352 e. The van der Waals surface area contributed by atoms with Gasteiger partial charge >= 0.3 is 0 Å². The number of nitrogens with one attached hydrogen (secondary N) is 2. The van der Waals surface area contributed by atoms with E-state index in [1.165, 1.54) is 26.0 Å². The van der Waals surface area contributed by atoms with Crippen molar-refractivity contribution >= 4 is 21.8 Å². The molecule has 7 nitrogen and oxygen atoms in total. The number of amides is 2. The van der Waals surface area contributed by atoms with Gasteiger partial charge in [-0.25, -0.2) is 12.8 Å². The molecular weight excluding hydrogens is 349 g/mol. The van der Waals surface area contributed by atoms with Crippen LogP contribution in [0.4, 0.5) is 4.39 Å². The Balaban J connectivity index is 1.92. The first kappa shape index (κ1) is 19.3. The van der Waals surface area contributed by atoms with Gasteiger partial charge in [-0.15, -0.1) is 0 Å². The predicted octanol–water partition coefficient (Wildman–Crippen LogP) is 0.620. The SMILES string of the molecule is CC(=O)N1CCC(NC(=O)[C@@H](C)NS(=O)(=O)c2ccccc2F)CC1. The molecule has 1 fully saturated rings. The smallest absolute Gasteiger partial charge is 0.244 e. The molecule has 1 saturated heterocycles. The maximum atomic E-state index is 13.7. The maximum absolute atomic E-state index is 13.7. The van der Waals surface area contributed by atoms with E-state index in [0.29, 0.717) is 25.9 Å². The van der Waals surface area contributed by atoms with Crippen LogP contribution in [-0.2, 0) is 19.6 Å². The Morgan fingerprint density at radius 1 is 1.24 bits per heavy atom. The summed E-state index contributed by atoms with van der Waals surface area (Å²) in [6, 6.07) is 3.81. The van der Waals surface area contributed by atoms with Crippen molar-refractivity contribution in [3.05, 3.63) is 30.1 Å². The number of carbonyl (C=O) groups is 2. The van der Waals surface area contributed by atoms with Gasteiger partial charge in [-0.3, -0.25) is 9.59 Å². The van der Waals surface area contributed by atoms with Crippen molar-refractivity contribution in [3.8, 4) is 0 Å². The quantitative estimate of drug-likeness (QED) is 0.793. The Kier molecular flexibility index (Phi) is 6.12. The molecule has 9 heteroatoms. The highest BCUT2D eigenvalue weighted by molar-refractivity contribution is 7.89. The minimum atomic E-state index is -4.13. The van der Waals surface area contributed by atoms with E-state index in [1.54, 1.807) is 4.90 Å². The van der Waals surface area contributed by atoms with Crippen molar-refractivity contribution < 1.29 is 22.4 Å². The van der Waals surface area contributed by atoms with E-state index in [4.69, 9.17) is 0 Å². The molecule has 0 radical (unpaired) electrons. The van der Waals surface area contributed by atoms with Crippen LogP contribution in [0.25, 0.3) is 0 Å². The Labute approximate surface area is 146 Å². The second-order valence-corrected chi connectivity index (χ2v) is 7.74.